The van der Waals surface area contributed by atoms with E-state index in [9.17, 15) is 19.8 Å². The zero-order valence-electron chi connectivity index (χ0n) is 21.7. The second-order valence-corrected chi connectivity index (χ2v) is 10.1. The van der Waals surface area contributed by atoms with E-state index in [4.69, 9.17) is 0 Å². The molecule has 1 aromatic heterocycles. The number of aromatic nitrogens is 3. The van der Waals surface area contributed by atoms with Crippen LogP contribution in [-0.4, -0.2) is 67.2 Å². The molecule has 196 valence electrons. The standard InChI is InChI=1S/C28H35N5O4/c1-17(2)26(33-14-19(4)30-31-33)28(37)32-15-22(35)13-25(32)27(36)29-24(16-34)21-11-9-20(10-12-21)23-8-6-5-7-18(23)3/h5-12,14,17,22,24-26,34-35H,13,15-16H2,1-4H3,(H,29,36)/t22-,24+,25+,26+/m1/s1. The zero-order chi connectivity index (χ0) is 26.7. The van der Waals surface area contributed by atoms with E-state index in [1.165, 1.54) is 9.58 Å². The normalized spacial score (nSPS) is 19.2. The molecular formula is C28H35N5O4. The first-order chi connectivity index (χ1) is 17.7. The van der Waals surface area contributed by atoms with Crippen molar-refractivity contribution in [1.82, 2.24) is 25.2 Å². The number of carbonyl (C=O) groups is 2. The minimum atomic E-state index is -0.853. The molecule has 4 rings (SSSR count). The fraction of sp³-hybridized carbons (Fsp3) is 0.429. The number of hydrogen-bond acceptors (Lipinski definition) is 6. The van der Waals surface area contributed by atoms with Crippen molar-refractivity contribution < 1.29 is 19.8 Å². The van der Waals surface area contributed by atoms with Gasteiger partial charge in [0.05, 0.1) is 24.4 Å². The lowest BCUT2D eigenvalue weighted by atomic mass is 9.98. The fourth-order valence-electron chi connectivity index (χ4n) is 4.97. The Kier molecular flexibility index (Phi) is 8.04. The van der Waals surface area contributed by atoms with Crippen LogP contribution in [0.3, 0.4) is 0 Å². The number of aliphatic hydroxyl groups is 2. The molecule has 1 saturated heterocycles. The van der Waals surface area contributed by atoms with Gasteiger partial charge in [0.2, 0.25) is 11.8 Å². The molecule has 0 bridgehead atoms. The number of rotatable bonds is 8. The molecule has 0 aliphatic carbocycles. The maximum atomic E-state index is 13.6. The van der Waals surface area contributed by atoms with Gasteiger partial charge >= 0.3 is 0 Å². The van der Waals surface area contributed by atoms with Crippen molar-refractivity contribution >= 4 is 11.8 Å². The van der Waals surface area contributed by atoms with Crippen molar-refractivity contribution in [2.75, 3.05) is 13.2 Å². The number of nitrogens with zero attached hydrogens (tertiary/aromatic N) is 4. The number of amides is 2. The van der Waals surface area contributed by atoms with Crippen molar-refractivity contribution in [2.45, 2.75) is 58.3 Å². The van der Waals surface area contributed by atoms with Gasteiger partial charge in [-0.15, -0.1) is 5.10 Å². The number of aliphatic hydroxyl groups excluding tert-OH is 2. The number of nitrogens with one attached hydrogen (secondary N) is 1. The second kappa shape index (κ2) is 11.2. The summed E-state index contributed by atoms with van der Waals surface area (Å²) in [4.78, 5) is 28.4. The first-order valence-corrected chi connectivity index (χ1v) is 12.6. The Morgan fingerprint density at radius 3 is 2.41 bits per heavy atom. The van der Waals surface area contributed by atoms with E-state index in [-0.39, 0.29) is 31.4 Å². The Labute approximate surface area is 217 Å². The molecule has 3 N–H and O–H groups in total. The van der Waals surface area contributed by atoms with E-state index in [1.54, 1.807) is 13.1 Å². The Morgan fingerprint density at radius 2 is 1.81 bits per heavy atom. The molecule has 0 unspecified atom stereocenters. The van der Waals surface area contributed by atoms with E-state index >= 15 is 0 Å². The molecule has 4 atom stereocenters. The summed E-state index contributed by atoms with van der Waals surface area (Å²) in [5, 5.41) is 31.4. The van der Waals surface area contributed by atoms with Crippen LogP contribution in [0.4, 0.5) is 0 Å². The summed E-state index contributed by atoms with van der Waals surface area (Å²) < 4.78 is 1.52. The highest BCUT2D eigenvalue weighted by Crippen LogP contribution is 2.28. The van der Waals surface area contributed by atoms with Crippen LogP contribution in [0.1, 0.15) is 49.2 Å². The molecule has 3 aromatic rings. The van der Waals surface area contributed by atoms with Gasteiger partial charge in [-0.3, -0.25) is 9.59 Å². The third-order valence-electron chi connectivity index (χ3n) is 6.93. The molecule has 9 heteroatoms. The van der Waals surface area contributed by atoms with E-state index in [0.29, 0.717) is 5.69 Å². The summed E-state index contributed by atoms with van der Waals surface area (Å²) >= 11 is 0. The molecule has 0 saturated carbocycles. The van der Waals surface area contributed by atoms with Gasteiger partial charge in [-0.2, -0.15) is 0 Å². The third kappa shape index (κ3) is 5.73. The average Bonchev–Trinajstić information content (AvgIpc) is 3.48. The summed E-state index contributed by atoms with van der Waals surface area (Å²) in [5.41, 5.74) is 4.77. The predicted molar refractivity (Wildman–Crippen MR) is 139 cm³/mol. The fourth-order valence-corrected chi connectivity index (χ4v) is 4.97. The molecule has 9 nitrogen and oxygen atoms in total. The average molecular weight is 506 g/mol. The number of β-amino-alcohol motifs (C(OH)–C–C–N with tert-alkyl or cyclic N) is 1. The first kappa shape index (κ1) is 26.5. The smallest absolute Gasteiger partial charge is 0.248 e. The van der Waals surface area contributed by atoms with Crippen molar-refractivity contribution in [3.05, 3.63) is 71.5 Å². The molecule has 0 radical (unpaired) electrons. The molecule has 1 aliphatic rings. The number of likely N-dealkylation sites (tertiary alicyclic amines) is 1. The summed E-state index contributed by atoms with van der Waals surface area (Å²) in [6.45, 7) is 7.42. The lowest BCUT2D eigenvalue weighted by Gasteiger charge is -2.30. The number of benzene rings is 2. The molecule has 37 heavy (non-hydrogen) atoms. The van der Waals surface area contributed by atoms with Crippen LogP contribution in [0.2, 0.25) is 0 Å². The van der Waals surface area contributed by atoms with Crippen LogP contribution in [0.15, 0.2) is 54.7 Å². The summed E-state index contributed by atoms with van der Waals surface area (Å²) in [6.07, 6.45) is 1.02. The molecule has 2 amide bonds. The van der Waals surface area contributed by atoms with Crippen LogP contribution in [0.5, 0.6) is 0 Å². The summed E-state index contributed by atoms with van der Waals surface area (Å²) in [7, 11) is 0. The highest BCUT2D eigenvalue weighted by molar-refractivity contribution is 5.90. The minimum Gasteiger partial charge on any atom is -0.394 e. The Balaban J connectivity index is 1.51. The molecule has 1 fully saturated rings. The molecule has 1 aliphatic heterocycles. The van der Waals surface area contributed by atoms with Gasteiger partial charge in [0.25, 0.3) is 0 Å². The topological polar surface area (TPSA) is 121 Å². The van der Waals surface area contributed by atoms with Crippen molar-refractivity contribution in [1.29, 1.82) is 0 Å². The number of carbonyl (C=O) groups excluding carboxylic acids is 2. The Morgan fingerprint density at radius 1 is 1.11 bits per heavy atom. The molecule has 2 heterocycles. The lowest BCUT2D eigenvalue weighted by molar-refractivity contribution is -0.142. The van der Waals surface area contributed by atoms with Gasteiger partial charge in [-0.1, -0.05) is 67.6 Å². The van der Waals surface area contributed by atoms with Gasteiger partial charge < -0.3 is 20.4 Å². The molecule has 0 spiro atoms. The maximum absolute atomic E-state index is 13.6. The minimum absolute atomic E-state index is 0.0583. The van der Waals surface area contributed by atoms with Crippen molar-refractivity contribution in [3.63, 3.8) is 0 Å². The van der Waals surface area contributed by atoms with E-state index in [2.05, 4.69) is 34.7 Å². The quantitative estimate of drug-likeness (QED) is 0.433. The van der Waals surface area contributed by atoms with Gasteiger partial charge in [0.1, 0.15) is 12.1 Å². The van der Waals surface area contributed by atoms with Crippen LogP contribution >= 0.6 is 0 Å². The SMILES string of the molecule is Cc1cn([C@H](C(=O)N2C[C@H](O)C[C@H]2C(=O)N[C@@H](CO)c2ccc(-c3ccccc3C)cc2)C(C)C)nn1. The number of hydrogen-bond donors (Lipinski definition) is 3. The van der Waals surface area contributed by atoms with Crippen LogP contribution in [-0.2, 0) is 9.59 Å². The highest BCUT2D eigenvalue weighted by atomic mass is 16.3. The highest BCUT2D eigenvalue weighted by Gasteiger charge is 2.43. The molecule has 2 aromatic carbocycles. The van der Waals surface area contributed by atoms with Gasteiger partial charge in [-0.25, -0.2) is 4.68 Å². The van der Waals surface area contributed by atoms with E-state index in [0.717, 1.165) is 22.3 Å². The monoisotopic (exact) mass is 505 g/mol. The van der Waals surface area contributed by atoms with Crippen LogP contribution < -0.4 is 5.32 Å². The summed E-state index contributed by atoms with van der Waals surface area (Å²) in [6, 6.07) is 13.6. The Hall–Kier alpha value is -3.56. The van der Waals surface area contributed by atoms with Crippen LogP contribution in [0, 0.1) is 19.8 Å². The summed E-state index contributed by atoms with van der Waals surface area (Å²) in [5.74, 6) is -0.809. The predicted octanol–water partition coefficient (Wildman–Crippen LogP) is 2.57. The maximum Gasteiger partial charge on any atom is 0.248 e. The lowest BCUT2D eigenvalue weighted by Crippen LogP contribution is -2.50. The van der Waals surface area contributed by atoms with Gasteiger partial charge in [0.15, 0.2) is 0 Å². The zero-order valence-corrected chi connectivity index (χ0v) is 21.7. The van der Waals surface area contributed by atoms with Gasteiger partial charge in [0, 0.05) is 19.2 Å². The Bertz CT molecular complexity index is 1240. The van der Waals surface area contributed by atoms with Crippen LogP contribution in [0.25, 0.3) is 11.1 Å². The second-order valence-electron chi connectivity index (χ2n) is 10.1. The number of aryl methyl sites for hydroxylation is 2. The van der Waals surface area contributed by atoms with E-state index < -0.39 is 30.1 Å². The van der Waals surface area contributed by atoms with Crippen molar-refractivity contribution in [2.24, 2.45) is 5.92 Å². The van der Waals surface area contributed by atoms with Crippen molar-refractivity contribution in [3.8, 4) is 11.1 Å². The molecular weight excluding hydrogens is 470 g/mol. The van der Waals surface area contributed by atoms with E-state index in [1.807, 2.05) is 50.2 Å². The largest absolute Gasteiger partial charge is 0.394 e. The van der Waals surface area contributed by atoms with Gasteiger partial charge in [-0.05, 0) is 42.0 Å². The third-order valence-corrected chi connectivity index (χ3v) is 6.93. The first-order valence-electron chi connectivity index (χ1n) is 12.6.